The Hall–Kier alpha value is -2.84. The summed E-state index contributed by atoms with van der Waals surface area (Å²) in [4.78, 5) is 12.3. The summed E-state index contributed by atoms with van der Waals surface area (Å²) in [5, 5.41) is 2.87. The molecular weight excluding hydrogens is 480 g/mol. The number of ether oxygens (including phenoxy) is 1. The van der Waals surface area contributed by atoms with Crippen LogP contribution in [0.1, 0.15) is 24.1 Å². The Morgan fingerprint density at radius 3 is 2.42 bits per heavy atom. The lowest BCUT2D eigenvalue weighted by molar-refractivity contribution is -0.123. The zero-order valence-corrected chi connectivity index (χ0v) is 19.5. The van der Waals surface area contributed by atoms with Gasteiger partial charge in [-0.15, -0.1) is 0 Å². The molecule has 0 unspecified atom stereocenters. The van der Waals surface area contributed by atoms with Crippen molar-refractivity contribution in [1.82, 2.24) is 5.32 Å². The Labute approximate surface area is 190 Å². The number of sulfonamides is 1. The highest BCUT2D eigenvalue weighted by Crippen LogP contribution is 2.22. The molecular formula is C23H23BrN2O4S. The molecule has 3 aromatic carbocycles. The molecule has 0 saturated carbocycles. The number of amides is 1. The maximum atomic E-state index is 12.6. The van der Waals surface area contributed by atoms with E-state index in [9.17, 15) is 13.2 Å². The van der Waals surface area contributed by atoms with Gasteiger partial charge in [0.15, 0.2) is 6.61 Å². The minimum atomic E-state index is -3.72. The van der Waals surface area contributed by atoms with E-state index < -0.39 is 10.0 Å². The Morgan fingerprint density at radius 2 is 1.74 bits per heavy atom. The Bertz CT molecular complexity index is 1160. The average Bonchev–Trinajstić information content (AvgIpc) is 2.74. The van der Waals surface area contributed by atoms with Crippen molar-refractivity contribution >= 4 is 37.5 Å². The first-order valence-corrected chi connectivity index (χ1v) is 11.9. The maximum Gasteiger partial charge on any atom is 0.261 e. The van der Waals surface area contributed by atoms with Crippen LogP contribution in [0.2, 0.25) is 0 Å². The van der Waals surface area contributed by atoms with Crippen molar-refractivity contribution in [2.45, 2.75) is 24.8 Å². The van der Waals surface area contributed by atoms with Gasteiger partial charge in [0.2, 0.25) is 0 Å². The number of aryl methyl sites for hydroxylation is 1. The number of halogens is 1. The second-order valence-electron chi connectivity index (χ2n) is 7.02. The molecule has 162 valence electrons. The monoisotopic (exact) mass is 502 g/mol. The third-order valence-electron chi connectivity index (χ3n) is 4.62. The summed E-state index contributed by atoms with van der Waals surface area (Å²) in [6.45, 7) is 3.55. The topological polar surface area (TPSA) is 84.5 Å². The zero-order chi connectivity index (χ0) is 22.4. The first-order valence-electron chi connectivity index (χ1n) is 9.61. The molecule has 8 heteroatoms. The number of nitrogens with one attached hydrogen (secondary N) is 2. The van der Waals surface area contributed by atoms with Gasteiger partial charge < -0.3 is 10.1 Å². The largest absolute Gasteiger partial charge is 0.484 e. The fraction of sp³-hybridized carbons (Fsp3) is 0.174. The SMILES string of the molecule is Cc1ccccc1NS(=O)(=O)c1ccc(OCC(=O)N[C@H](C)c2cccc(Br)c2)cc1. The lowest BCUT2D eigenvalue weighted by atomic mass is 10.1. The van der Waals surface area contributed by atoms with Gasteiger partial charge in [-0.1, -0.05) is 46.3 Å². The Kier molecular flexibility index (Phi) is 7.35. The number of benzene rings is 3. The van der Waals surface area contributed by atoms with Gasteiger partial charge in [0.05, 0.1) is 16.6 Å². The smallest absolute Gasteiger partial charge is 0.261 e. The van der Waals surface area contributed by atoms with Gasteiger partial charge in [0.1, 0.15) is 5.75 Å². The van der Waals surface area contributed by atoms with Crippen LogP contribution in [0.4, 0.5) is 5.69 Å². The molecule has 3 aromatic rings. The number of rotatable bonds is 8. The van der Waals surface area contributed by atoms with E-state index in [-0.39, 0.29) is 23.5 Å². The molecule has 0 radical (unpaired) electrons. The van der Waals surface area contributed by atoms with E-state index in [1.165, 1.54) is 24.3 Å². The molecule has 0 aliphatic heterocycles. The summed E-state index contributed by atoms with van der Waals surface area (Å²) in [6, 6.07) is 20.6. The number of para-hydroxylation sites is 1. The van der Waals surface area contributed by atoms with Gasteiger partial charge in [0, 0.05) is 4.47 Å². The molecule has 2 N–H and O–H groups in total. The summed E-state index contributed by atoms with van der Waals surface area (Å²) in [5.41, 5.74) is 2.33. The molecule has 0 spiro atoms. The third-order valence-corrected chi connectivity index (χ3v) is 6.49. The summed E-state index contributed by atoms with van der Waals surface area (Å²) >= 11 is 3.41. The van der Waals surface area contributed by atoms with Crippen molar-refractivity contribution in [2.75, 3.05) is 11.3 Å². The Balaban J connectivity index is 1.56. The zero-order valence-electron chi connectivity index (χ0n) is 17.1. The molecule has 0 aliphatic rings. The van der Waals surface area contributed by atoms with E-state index in [2.05, 4.69) is 26.0 Å². The number of hydrogen-bond donors (Lipinski definition) is 2. The van der Waals surface area contributed by atoms with Crippen molar-refractivity contribution in [3.8, 4) is 5.75 Å². The normalized spacial score (nSPS) is 12.1. The fourth-order valence-electron chi connectivity index (χ4n) is 2.90. The van der Waals surface area contributed by atoms with E-state index in [4.69, 9.17) is 4.74 Å². The van der Waals surface area contributed by atoms with E-state index >= 15 is 0 Å². The van der Waals surface area contributed by atoms with Crippen molar-refractivity contribution in [3.63, 3.8) is 0 Å². The highest BCUT2D eigenvalue weighted by atomic mass is 79.9. The van der Waals surface area contributed by atoms with E-state index in [1.807, 2.05) is 50.2 Å². The summed E-state index contributed by atoms with van der Waals surface area (Å²) in [7, 11) is -3.72. The average molecular weight is 503 g/mol. The van der Waals surface area contributed by atoms with Gasteiger partial charge in [-0.05, 0) is 67.4 Å². The Morgan fingerprint density at radius 1 is 1.03 bits per heavy atom. The van der Waals surface area contributed by atoms with Crippen LogP contribution in [0.15, 0.2) is 82.2 Å². The first kappa shape index (κ1) is 22.8. The van der Waals surface area contributed by atoms with E-state index in [0.717, 1.165) is 15.6 Å². The van der Waals surface area contributed by atoms with Gasteiger partial charge >= 0.3 is 0 Å². The fourth-order valence-corrected chi connectivity index (χ4v) is 4.45. The van der Waals surface area contributed by atoms with Crippen LogP contribution in [0.3, 0.4) is 0 Å². The van der Waals surface area contributed by atoms with Crippen molar-refractivity contribution in [1.29, 1.82) is 0 Å². The molecule has 0 saturated heterocycles. The van der Waals surface area contributed by atoms with Crippen LogP contribution < -0.4 is 14.8 Å². The number of anilines is 1. The van der Waals surface area contributed by atoms with Crippen molar-refractivity contribution in [2.24, 2.45) is 0 Å². The molecule has 6 nitrogen and oxygen atoms in total. The first-order chi connectivity index (χ1) is 14.7. The van der Waals surface area contributed by atoms with Crippen LogP contribution in [0.25, 0.3) is 0 Å². The molecule has 1 amide bonds. The van der Waals surface area contributed by atoms with Crippen molar-refractivity contribution < 1.29 is 17.9 Å². The van der Waals surface area contributed by atoms with E-state index in [0.29, 0.717) is 11.4 Å². The molecule has 0 fully saturated rings. The van der Waals surface area contributed by atoms with Gasteiger partial charge in [-0.3, -0.25) is 9.52 Å². The lowest BCUT2D eigenvalue weighted by Gasteiger charge is -2.15. The second-order valence-corrected chi connectivity index (χ2v) is 9.62. The predicted molar refractivity (Wildman–Crippen MR) is 125 cm³/mol. The lowest BCUT2D eigenvalue weighted by Crippen LogP contribution is -2.31. The van der Waals surface area contributed by atoms with Gasteiger partial charge in [-0.25, -0.2) is 8.42 Å². The van der Waals surface area contributed by atoms with Crippen LogP contribution in [-0.2, 0) is 14.8 Å². The number of carbonyl (C=O) groups excluding carboxylic acids is 1. The van der Waals surface area contributed by atoms with Crippen LogP contribution in [0.5, 0.6) is 5.75 Å². The second kappa shape index (κ2) is 9.98. The minimum Gasteiger partial charge on any atom is -0.484 e. The third kappa shape index (κ3) is 6.32. The maximum absolute atomic E-state index is 12.6. The summed E-state index contributed by atoms with van der Waals surface area (Å²) in [5.74, 6) is 0.130. The number of carbonyl (C=O) groups is 1. The predicted octanol–water partition coefficient (Wildman–Crippen LogP) is 4.81. The molecule has 31 heavy (non-hydrogen) atoms. The summed E-state index contributed by atoms with van der Waals surface area (Å²) < 4.78 is 34.2. The molecule has 1 atom stereocenters. The highest BCUT2D eigenvalue weighted by molar-refractivity contribution is 9.10. The van der Waals surface area contributed by atoms with Crippen LogP contribution in [-0.4, -0.2) is 20.9 Å². The molecule has 0 heterocycles. The molecule has 0 aromatic heterocycles. The molecule has 3 rings (SSSR count). The van der Waals surface area contributed by atoms with E-state index in [1.54, 1.807) is 12.1 Å². The quantitative estimate of drug-likeness (QED) is 0.462. The summed E-state index contributed by atoms with van der Waals surface area (Å²) in [6.07, 6.45) is 0. The van der Waals surface area contributed by atoms with Gasteiger partial charge in [0.25, 0.3) is 15.9 Å². The minimum absolute atomic E-state index is 0.107. The van der Waals surface area contributed by atoms with Crippen LogP contribution in [0, 0.1) is 6.92 Å². The standard InChI is InChI=1S/C23H23BrN2O4S/c1-16-6-3-4-9-22(16)26-31(28,29)21-12-10-20(11-13-21)30-15-23(27)25-17(2)18-7-5-8-19(24)14-18/h3-14,17,26H,15H2,1-2H3,(H,25,27)/t17-/m1/s1. The van der Waals surface area contributed by atoms with Crippen LogP contribution >= 0.6 is 15.9 Å². The molecule has 0 aliphatic carbocycles. The molecule has 0 bridgehead atoms. The van der Waals surface area contributed by atoms with Gasteiger partial charge in [-0.2, -0.15) is 0 Å². The van der Waals surface area contributed by atoms with Crippen molar-refractivity contribution in [3.05, 3.63) is 88.4 Å². The highest BCUT2D eigenvalue weighted by Gasteiger charge is 2.16. The number of hydrogen-bond acceptors (Lipinski definition) is 4.